The van der Waals surface area contributed by atoms with Crippen molar-refractivity contribution in [3.8, 4) is 10.6 Å². The van der Waals surface area contributed by atoms with Crippen LogP contribution in [0.1, 0.15) is 13.8 Å². The summed E-state index contributed by atoms with van der Waals surface area (Å²) in [6.07, 6.45) is 0. The molecule has 2 heterocycles. The fourth-order valence-corrected chi connectivity index (χ4v) is 3.02. The van der Waals surface area contributed by atoms with Gasteiger partial charge in [-0.25, -0.2) is 13.5 Å². The molecule has 134 valence electrons. The first kappa shape index (κ1) is 17.9. The lowest BCUT2D eigenvalue weighted by Gasteiger charge is -2.25. The molecule has 1 amide bonds. The van der Waals surface area contributed by atoms with E-state index in [4.69, 9.17) is 0 Å². The molecule has 0 aliphatic carbocycles. The van der Waals surface area contributed by atoms with Gasteiger partial charge in [0.05, 0.1) is 10.6 Å². The van der Waals surface area contributed by atoms with Crippen molar-refractivity contribution < 1.29 is 13.6 Å². The van der Waals surface area contributed by atoms with Gasteiger partial charge in [-0.3, -0.25) is 9.59 Å². The summed E-state index contributed by atoms with van der Waals surface area (Å²) < 4.78 is 27.9. The zero-order chi connectivity index (χ0) is 18.9. The van der Waals surface area contributed by atoms with Crippen LogP contribution in [0.4, 0.5) is 14.5 Å². The van der Waals surface area contributed by atoms with Gasteiger partial charge < -0.3 is 5.32 Å². The largest absolute Gasteiger partial charge is 0.321 e. The van der Waals surface area contributed by atoms with E-state index in [1.54, 1.807) is 6.07 Å². The van der Waals surface area contributed by atoms with E-state index in [0.717, 1.165) is 21.7 Å². The quantitative estimate of drug-likeness (QED) is 0.757. The molecule has 0 aliphatic heterocycles. The predicted molar refractivity (Wildman–Crippen MR) is 96.1 cm³/mol. The molecule has 26 heavy (non-hydrogen) atoms. The number of thiophene rings is 1. The lowest BCUT2D eigenvalue weighted by atomic mass is 10.0. The van der Waals surface area contributed by atoms with E-state index in [2.05, 4.69) is 10.4 Å². The molecule has 2 aromatic heterocycles. The van der Waals surface area contributed by atoms with Crippen molar-refractivity contribution in [2.45, 2.75) is 19.4 Å². The summed E-state index contributed by atoms with van der Waals surface area (Å²) in [7, 11) is 0. The van der Waals surface area contributed by atoms with E-state index in [1.165, 1.54) is 31.3 Å². The monoisotopic (exact) mass is 375 g/mol. The number of hydrogen-bond acceptors (Lipinski definition) is 4. The lowest BCUT2D eigenvalue weighted by Crippen LogP contribution is -2.47. The van der Waals surface area contributed by atoms with Gasteiger partial charge in [0.25, 0.3) is 11.5 Å². The highest BCUT2D eigenvalue weighted by atomic mass is 32.1. The number of anilines is 1. The number of rotatable bonds is 4. The number of amides is 1. The normalized spacial score (nSPS) is 11.4. The summed E-state index contributed by atoms with van der Waals surface area (Å²) in [6.45, 7) is 2.99. The van der Waals surface area contributed by atoms with Crippen LogP contribution in [-0.4, -0.2) is 15.7 Å². The predicted octanol–water partition coefficient (Wildman–Crippen LogP) is 3.62. The van der Waals surface area contributed by atoms with Crippen LogP contribution < -0.4 is 10.9 Å². The molecule has 0 unspecified atom stereocenters. The van der Waals surface area contributed by atoms with Gasteiger partial charge in [-0.15, -0.1) is 11.3 Å². The number of benzene rings is 1. The van der Waals surface area contributed by atoms with Gasteiger partial charge in [0.15, 0.2) is 0 Å². The molecule has 3 rings (SSSR count). The summed E-state index contributed by atoms with van der Waals surface area (Å²) >= 11 is 1.45. The molecule has 0 saturated carbocycles. The van der Waals surface area contributed by atoms with Gasteiger partial charge in [0.1, 0.15) is 22.9 Å². The Bertz CT molecular complexity index is 1010. The topological polar surface area (TPSA) is 64.0 Å². The lowest BCUT2D eigenvalue weighted by molar-refractivity contribution is -0.123. The molecule has 0 atom stereocenters. The van der Waals surface area contributed by atoms with Crippen molar-refractivity contribution >= 4 is 22.9 Å². The van der Waals surface area contributed by atoms with E-state index in [1.807, 2.05) is 17.5 Å². The summed E-state index contributed by atoms with van der Waals surface area (Å²) in [4.78, 5) is 25.8. The third-order valence-corrected chi connectivity index (χ3v) is 4.73. The smallest absolute Gasteiger partial charge is 0.267 e. The van der Waals surface area contributed by atoms with Crippen molar-refractivity contribution in [1.29, 1.82) is 0 Å². The maximum atomic E-state index is 13.8. The van der Waals surface area contributed by atoms with Crippen LogP contribution in [0.2, 0.25) is 0 Å². The highest BCUT2D eigenvalue weighted by Crippen LogP contribution is 2.23. The number of nitrogens with one attached hydrogen (secondary N) is 1. The number of carbonyl (C=O) groups is 1. The minimum atomic E-state index is -1.40. The number of halogens is 2. The Morgan fingerprint density at radius 3 is 2.62 bits per heavy atom. The van der Waals surface area contributed by atoms with Crippen LogP contribution in [0, 0.1) is 11.6 Å². The minimum Gasteiger partial charge on any atom is -0.321 e. The van der Waals surface area contributed by atoms with Gasteiger partial charge >= 0.3 is 0 Å². The molecule has 1 N–H and O–H groups in total. The Balaban J connectivity index is 1.95. The molecular formula is C18H15F2N3O2S. The molecule has 5 nitrogen and oxygen atoms in total. The molecule has 0 bridgehead atoms. The van der Waals surface area contributed by atoms with Crippen molar-refractivity contribution in [1.82, 2.24) is 9.78 Å². The Kier molecular flexibility index (Phi) is 4.69. The van der Waals surface area contributed by atoms with Crippen molar-refractivity contribution in [3.05, 3.63) is 69.8 Å². The van der Waals surface area contributed by atoms with Gasteiger partial charge in [-0.1, -0.05) is 6.07 Å². The fraction of sp³-hybridized carbons (Fsp3) is 0.167. The van der Waals surface area contributed by atoms with Crippen LogP contribution in [0.3, 0.4) is 0 Å². The molecule has 0 aliphatic rings. The molecule has 0 saturated heterocycles. The minimum absolute atomic E-state index is 0.174. The van der Waals surface area contributed by atoms with Crippen LogP contribution >= 0.6 is 11.3 Å². The Morgan fingerprint density at radius 1 is 1.19 bits per heavy atom. The maximum absolute atomic E-state index is 13.8. The van der Waals surface area contributed by atoms with Crippen LogP contribution in [0.15, 0.2) is 52.6 Å². The van der Waals surface area contributed by atoms with E-state index < -0.39 is 28.6 Å². The molecule has 0 fully saturated rings. The number of hydrogen-bond donors (Lipinski definition) is 1. The maximum Gasteiger partial charge on any atom is 0.267 e. The zero-order valence-electron chi connectivity index (χ0n) is 14.0. The van der Waals surface area contributed by atoms with Gasteiger partial charge in [0.2, 0.25) is 0 Å². The number of nitrogens with zero attached hydrogens (tertiary/aromatic N) is 2. The van der Waals surface area contributed by atoms with Gasteiger partial charge in [0, 0.05) is 12.1 Å². The van der Waals surface area contributed by atoms with Crippen LogP contribution in [0.5, 0.6) is 0 Å². The average molecular weight is 375 g/mol. The van der Waals surface area contributed by atoms with E-state index in [0.29, 0.717) is 11.8 Å². The third kappa shape index (κ3) is 3.41. The Hall–Kier alpha value is -2.87. The molecule has 1 aromatic carbocycles. The van der Waals surface area contributed by atoms with Crippen molar-refractivity contribution in [2.75, 3.05) is 5.32 Å². The van der Waals surface area contributed by atoms with E-state index in [-0.39, 0.29) is 5.69 Å². The second-order valence-electron chi connectivity index (χ2n) is 6.08. The third-order valence-electron chi connectivity index (χ3n) is 3.84. The molecule has 0 spiro atoms. The van der Waals surface area contributed by atoms with Gasteiger partial charge in [-0.2, -0.15) is 5.10 Å². The summed E-state index contributed by atoms with van der Waals surface area (Å²) in [6, 6.07) is 9.44. The van der Waals surface area contributed by atoms with Crippen LogP contribution in [0.25, 0.3) is 10.6 Å². The zero-order valence-corrected chi connectivity index (χ0v) is 14.8. The second kappa shape index (κ2) is 6.80. The number of carbonyl (C=O) groups excluding carboxylic acids is 1. The first-order chi connectivity index (χ1) is 12.3. The molecular weight excluding hydrogens is 360 g/mol. The van der Waals surface area contributed by atoms with E-state index >= 15 is 0 Å². The summed E-state index contributed by atoms with van der Waals surface area (Å²) in [5.74, 6) is -2.30. The molecule has 8 heteroatoms. The van der Waals surface area contributed by atoms with Crippen molar-refractivity contribution in [2.24, 2.45) is 0 Å². The Labute approximate surface area is 151 Å². The fourth-order valence-electron chi connectivity index (χ4n) is 2.33. The highest BCUT2D eigenvalue weighted by molar-refractivity contribution is 7.13. The SMILES string of the molecule is CC(C)(C(=O)Nc1ccc(F)cc1F)n1nc(-c2cccs2)ccc1=O. The van der Waals surface area contributed by atoms with E-state index in [9.17, 15) is 18.4 Å². The van der Waals surface area contributed by atoms with Crippen LogP contribution in [-0.2, 0) is 10.3 Å². The van der Waals surface area contributed by atoms with Crippen molar-refractivity contribution in [3.63, 3.8) is 0 Å². The molecule has 3 aromatic rings. The first-order valence-electron chi connectivity index (χ1n) is 7.70. The van der Waals surface area contributed by atoms with Gasteiger partial charge in [-0.05, 0) is 43.5 Å². The Morgan fingerprint density at radius 2 is 1.96 bits per heavy atom. The average Bonchev–Trinajstić information content (AvgIpc) is 3.12. The highest BCUT2D eigenvalue weighted by Gasteiger charge is 2.33. The molecule has 0 radical (unpaired) electrons. The standard InChI is InChI=1S/C18H15F2N3O2S/c1-18(2,17(25)21-13-6-5-11(19)10-12(13)20)23-16(24)8-7-14(22-23)15-4-3-9-26-15/h3-10H,1-2H3,(H,21,25). The number of aromatic nitrogens is 2. The summed E-state index contributed by atoms with van der Waals surface area (Å²) in [5.41, 5.74) is -1.49. The second-order valence-corrected chi connectivity index (χ2v) is 7.03. The first-order valence-corrected chi connectivity index (χ1v) is 8.58. The summed E-state index contributed by atoms with van der Waals surface area (Å²) in [5, 5.41) is 8.54.